The Morgan fingerprint density at radius 1 is 1.19 bits per heavy atom. The second-order valence-electron chi connectivity index (χ2n) is 4.90. The lowest BCUT2D eigenvalue weighted by Crippen LogP contribution is -2.11. The number of hydrogen-bond acceptors (Lipinski definition) is 3. The van der Waals surface area contributed by atoms with Crippen LogP contribution in [0.2, 0.25) is 5.02 Å². The zero-order valence-electron chi connectivity index (χ0n) is 11.0. The zero-order valence-corrected chi connectivity index (χ0v) is 12.6. The van der Waals surface area contributed by atoms with Crippen LogP contribution in [-0.4, -0.2) is 17.0 Å². The topological polar surface area (TPSA) is 66.4 Å². The maximum atomic E-state index is 12.2. The quantitative estimate of drug-likeness (QED) is 0.902. The summed E-state index contributed by atoms with van der Waals surface area (Å²) in [5, 5.41) is 12.0. The number of anilines is 1. The Hall–Kier alpha value is -1.85. The number of carbonyl (C=O) groups excluding carboxylic acids is 1. The monoisotopic (exact) mass is 321 g/mol. The van der Waals surface area contributed by atoms with Gasteiger partial charge in [0.2, 0.25) is 0 Å². The second kappa shape index (κ2) is 5.50. The van der Waals surface area contributed by atoms with Crippen LogP contribution in [0, 0.1) is 0 Å². The number of carboxylic acids is 1. The van der Waals surface area contributed by atoms with Crippen molar-refractivity contribution < 1.29 is 14.7 Å². The molecule has 1 aromatic carbocycles. The van der Waals surface area contributed by atoms with E-state index < -0.39 is 5.97 Å². The molecular formula is C15H12ClNO3S. The largest absolute Gasteiger partial charge is 0.478 e. The standard InChI is InChI=1S/C15H12ClNO3S/c16-10-4-9(15(19)20)5-11(7-10)17-14(18)13-6-8-2-1-3-12(8)21-13/h4-7H,1-3H2,(H,17,18)(H,19,20). The van der Waals surface area contributed by atoms with Crippen molar-refractivity contribution in [2.75, 3.05) is 5.32 Å². The summed E-state index contributed by atoms with van der Waals surface area (Å²) in [6.45, 7) is 0. The Morgan fingerprint density at radius 2 is 2.00 bits per heavy atom. The fraction of sp³-hybridized carbons (Fsp3) is 0.200. The van der Waals surface area contributed by atoms with E-state index in [1.165, 1.54) is 40.0 Å². The fourth-order valence-electron chi connectivity index (χ4n) is 2.42. The third-order valence-electron chi connectivity index (χ3n) is 3.37. The van der Waals surface area contributed by atoms with Crippen molar-refractivity contribution in [2.24, 2.45) is 0 Å². The van der Waals surface area contributed by atoms with Crippen molar-refractivity contribution in [3.05, 3.63) is 50.2 Å². The van der Waals surface area contributed by atoms with E-state index in [0.29, 0.717) is 10.6 Å². The average Bonchev–Trinajstić information content (AvgIpc) is 2.98. The van der Waals surface area contributed by atoms with Gasteiger partial charge in [-0.25, -0.2) is 4.79 Å². The lowest BCUT2D eigenvalue weighted by molar-refractivity contribution is 0.0696. The molecule has 0 atom stereocenters. The van der Waals surface area contributed by atoms with E-state index in [2.05, 4.69) is 5.32 Å². The van der Waals surface area contributed by atoms with E-state index in [9.17, 15) is 9.59 Å². The molecule has 6 heteroatoms. The van der Waals surface area contributed by atoms with E-state index in [4.69, 9.17) is 16.7 Å². The Balaban J connectivity index is 1.82. The highest BCUT2D eigenvalue weighted by Crippen LogP contribution is 2.31. The summed E-state index contributed by atoms with van der Waals surface area (Å²) >= 11 is 7.38. The molecule has 0 unspecified atom stereocenters. The summed E-state index contributed by atoms with van der Waals surface area (Å²) in [6, 6.07) is 6.20. The van der Waals surface area contributed by atoms with E-state index in [-0.39, 0.29) is 16.5 Å². The number of aryl methyl sites for hydroxylation is 2. The SMILES string of the molecule is O=C(O)c1cc(Cl)cc(NC(=O)c2cc3c(s2)CCC3)c1. The van der Waals surface area contributed by atoms with Crippen LogP contribution in [0.25, 0.3) is 0 Å². The molecule has 4 nitrogen and oxygen atoms in total. The van der Waals surface area contributed by atoms with E-state index in [1.54, 1.807) is 0 Å². The molecule has 0 spiro atoms. The number of halogens is 1. The zero-order chi connectivity index (χ0) is 15.0. The molecule has 1 aliphatic carbocycles. The van der Waals surface area contributed by atoms with Crippen LogP contribution in [0.4, 0.5) is 5.69 Å². The minimum atomic E-state index is -1.08. The minimum Gasteiger partial charge on any atom is -0.478 e. The van der Waals surface area contributed by atoms with Gasteiger partial charge in [-0.3, -0.25) is 4.79 Å². The fourth-order valence-corrected chi connectivity index (χ4v) is 3.80. The molecule has 0 fully saturated rings. The number of benzene rings is 1. The summed E-state index contributed by atoms with van der Waals surface area (Å²) in [4.78, 5) is 25.1. The molecule has 1 aliphatic rings. The Kier molecular flexibility index (Phi) is 3.69. The van der Waals surface area contributed by atoms with Crippen LogP contribution in [0.15, 0.2) is 24.3 Å². The average molecular weight is 322 g/mol. The summed E-state index contributed by atoms with van der Waals surface area (Å²) in [7, 11) is 0. The highest BCUT2D eigenvalue weighted by atomic mass is 35.5. The van der Waals surface area contributed by atoms with Crippen LogP contribution in [0.5, 0.6) is 0 Å². The lowest BCUT2D eigenvalue weighted by Gasteiger charge is -2.06. The number of amides is 1. The number of carboxylic acid groups (broad SMARTS) is 1. The first-order chi connectivity index (χ1) is 10.0. The number of aromatic carboxylic acids is 1. The third kappa shape index (κ3) is 2.94. The summed E-state index contributed by atoms with van der Waals surface area (Å²) in [6.07, 6.45) is 3.21. The smallest absolute Gasteiger partial charge is 0.335 e. The maximum Gasteiger partial charge on any atom is 0.335 e. The van der Waals surface area contributed by atoms with Gasteiger partial charge in [-0.05, 0) is 49.1 Å². The van der Waals surface area contributed by atoms with Gasteiger partial charge in [0.25, 0.3) is 5.91 Å². The molecule has 2 aromatic rings. The van der Waals surface area contributed by atoms with Gasteiger partial charge in [0, 0.05) is 15.6 Å². The number of nitrogens with one attached hydrogen (secondary N) is 1. The van der Waals surface area contributed by atoms with Gasteiger partial charge in [-0.1, -0.05) is 11.6 Å². The van der Waals surface area contributed by atoms with Crippen molar-refractivity contribution in [1.82, 2.24) is 0 Å². The molecule has 0 saturated carbocycles. The molecule has 1 amide bonds. The number of thiophene rings is 1. The normalized spacial score (nSPS) is 13.0. The first-order valence-corrected chi connectivity index (χ1v) is 7.69. The maximum absolute atomic E-state index is 12.2. The van der Waals surface area contributed by atoms with Gasteiger partial charge >= 0.3 is 5.97 Å². The third-order valence-corrected chi connectivity index (χ3v) is 4.83. The minimum absolute atomic E-state index is 0.0477. The van der Waals surface area contributed by atoms with Crippen molar-refractivity contribution >= 4 is 40.5 Å². The van der Waals surface area contributed by atoms with Gasteiger partial charge in [0.05, 0.1) is 10.4 Å². The van der Waals surface area contributed by atoms with Gasteiger partial charge in [0.1, 0.15) is 0 Å². The van der Waals surface area contributed by atoms with Crippen molar-refractivity contribution in [2.45, 2.75) is 19.3 Å². The van der Waals surface area contributed by atoms with E-state index in [1.807, 2.05) is 6.07 Å². The van der Waals surface area contributed by atoms with Crippen LogP contribution in [0.1, 0.15) is 36.9 Å². The van der Waals surface area contributed by atoms with Gasteiger partial charge in [-0.2, -0.15) is 0 Å². The Morgan fingerprint density at radius 3 is 2.71 bits per heavy atom. The molecule has 1 aromatic heterocycles. The lowest BCUT2D eigenvalue weighted by atomic mass is 10.2. The number of hydrogen-bond donors (Lipinski definition) is 2. The Labute approximate surface area is 130 Å². The first kappa shape index (κ1) is 14.1. The number of rotatable bonds is 3. The molecule has 108 valence electrons. The van der Waals surface area contributed by atoms with Gasteiger partial charge in [-0.15, -0.1) is 11.3 Å². The molecule has 1 heterocycles. The highest BCUT2D eigenvalue weighted by molar-refractivity contribution is 7.14. The Bertz CT molecular complexity index is 717. The summed E-state index contributed by atoms with van der Waals surface area (Å²) in [5.74, 6) is -1.31. The summed E-state index contributed by atoms with van der Waals surface area (Å²) < 4.78 is 0. The van der Waals surface area contributed by atoms with Crippen LogP contribution >= 0.6 is 22.9 Å². The van der Waals surface area contributed by atoms with E-state index >= 15 is 0 Å². The van der Waals surface area contributed by atoms with E-state index in [0.717, 1.165) is 19.3 Å². The van der Waals surface area contributed by atoms with Crippen molar-refractivity contribution in [3.8, 4) is 0 Å². The van der Waals surface area contributed by atoms with Crippen LogP contribution < -0.4 is 5.32 Å². The molecule has 0 saturated heterocycles. The predicted octanol–water partition coefficient (Wildman–Crippen LogP) is 3.84. The first-order valence-electron chi connectivity index (χ1n) is 6.50. The highest BCUT2D eigenvalue weighted by Gasteiger charge is 2.19. The van der Waals surface area contributed by atoms with Crippen molar-refractivity contribution in [3.63, 3.8) is 0 Å². The van der Waals surface area contributed by atoms with Crippen molar-refractivity contribution in [1.29, 1.82) is 0 Å². The molecular weight excluding hydrogens is 310 g/mol. The molecule has 3 rings (SSSR count). The molecule has 0 bridgehead atoms. The van der Waals surface area contributed by atoms with Gasteiger partial charge < -0.3 is 10.4 Å². The van der Waals surface area contributed by atoms with Gasteiger partial charge in [0.15, 0.2) is 0 Å². The molecule has 0 aliphatic heterocycles. The van der Waals surface area contributed by atoms with Crippen LogP contribution in [0.3, 0.4) is 0 Å². The summed E-state index contributed by atoms with van der Waals surface area (Å²) in [5.41, 5.74) is 1.69. The molecule has 2 N–H and O–H groups in total. The second-order valence-corrected chi connectivity index (χ2v) is 6.47. The molecule has 0 radical (unpaired) electrons. The molecule has 21 heavy (non-hydrogen) atoms. The number of carbonyl (C=O) groups is 2. The number of fused-ring (bicyclic) bond motifs is 1. The predicted molar refractivity (Wildman–Crippen MR) is 82.7 cm³/mol. The van der Waals surface area contributed by atoms with Crippen LogP contribution in [-0.2, 0) is 12.8 Å².